The molecule has 0 heterocycles. The quantitative estimate of drug-likeness (QED) is 0.752. The van der Waals surface area contributed by atoms with E-state index in [9.17, 15) is 5.11 Å². The number of hydrogen-bond acceptors (Lipinski definition) is 2. The first-order chi connectivity index (χ1) is 6.96. The Balaban J connectivity index is 2.37. The van der Waals surface area contributed by atoms with E-state index >= 15 is 0 Å². The first-order valence-corrected chi connectivity index (χ1v) is 6.42. The molecule has 1 rings (SSSR count). The van der Waals surface area contributed by atoms with Crippen molar-refractivity contribution < 1.29 is 5.11 Å². The van der Waals surface area contributed by atoms with Crippen LogP contribution in [0.25, 0.3) is 0 Å². The molecular weight excluding hydrogens is 186 g/mol. The lowest BCUT2D eigenvalue weighted by Gasteiger charge is -2.36. The van der Waals surface area contributed by atoms with Gasteiger partial charge in [0.2, 0.25) is 0 Å². The van der Waals surface area contributed by atoms with Crippen molar-refractivity contribution in [3.8, 4) is 0 Å². The summed E-state index contributed by atoms with van der Waals surface area (Å²) in [7, 11) is 0. The van der Waals surface area contributed by atoms with Crippen LogP contribution in [0.15, 0.2) is 0 Å². The van der Waals surface area contributed by atoms with Crippen molar-refractivity contribution >= 4 is 0 Å². The number of aliphatic hydroxyl groups is 1. The highest BCUT2D eigenvalue weighted by Gasteiger charge is 2.28. The molecule has 0 radical (unpaired) electrons. The molecule has 0 spiro atoms. The Labute approximate surface area is 94.5 Å². The van der Waals surface area contributed by atoms with Gasteiger partial charge in [-0.2, -0.15) is 0 Å². The standard InChI is InChI=1S/C13H27NO/c1-5-13(4,15)9-14-12-8-6-7-10(2)11(12)3/h10-12,14-15H,5-9H2,1-4H3. The van der Waals surface area contributed by atoms with Crippen LogP contribution in [0.3, 0.4) is 0 Å². The molecule has 4 atom stereocenters. The third-order valence-electron chi connectivity index (χ3n) is 4.21. The maximum Gasteiger partial charge on any atom is 0.0741 e. The van der Waals surface area contributed by atoms with Crippen LogP contribution < -0.4 is 5.32 Å². The second-order valence-electron chi connectivity index (χ2n) is 5.61. The largest absolute Gasteiger partial charge is 0.389 e. The van der Waals surface area contributed by atoms with Gasteiger partial charge in [-0.15, -0.1) is 0 Å². The molecule has 15 heavy (non-hydrogen) atoms. The number of hydrogen-bond donors (Lipinski definition) is 2. The number of nitrogens with one attached hydrogen (secondary N) is 1. The Morgan fingerprint density at radius 3 is 2.60 bits per heavy atom. The van der Waals surface area contributed by atoms with E-state index in [-0.39, 0.29) is 0 Å². The van der Waals surface area contributed by atoms with Gasteiger partial charge < -0.3 is 10.4 Å². The maximum absolute atomic E-state index is 9.94. The van der Waals surface area contributed by atoms with Crippen molar-refractivity contribution in [2.24, 2.45) is 11.8 Å². The molecule has 0 amide bonds. The first-order valence-electron chi connectivity index (χ1n) is 6.42. The van der Waals surface area contributed by atoms with Gasteiger partial charge in [0, 0.05) is 12.6 Å². The molecule has 0 aromatic carbocycles. The van der Waals surface area contributed by atoms with Crippen LogP contribution in [-0.4, -0.2) is 23.3 Å². The van der Waals surface area contributed by atoms with Gasteiger partial charge in [0.1, 0.15) is 0 Å². The van der Waals surface area contributed by atoms with Gasteiger partial charge in [-0.05, 0) is 31.6 Å². The molecule has 90 valence electrons. The molecule has 2 N–H and O–H groups in total. The minimum absolute atomic E-state index is 0.541. The molecule has 0 bridgehead atoms. The Morgan fingerprint density at radius 1 is 1.33 bits per heavy atom. The highest BCUT2D eigenvalue weighted by atomic mass is 16.3. The summed E-state index contributed by atoms with van der Waals surface area (Å²) in [5.41, 5.74) is -0.541. The Bertz CT molecular complexity index is 191. The van der Waals surface area contributed by atoms with Crippen LogP contribution in [0.4, 0.5) is 0 Å². The Kier molecular flexibility index (Phi) is 4.60. The Morgan fingerprint density at radius 2 is 2.00 bits per heavy atom. The van der Waals surface area contributed by atoms with E-state index in [1.165, 1.54) is 19.3 Å². The van der Waals surface area contributed by atoms with E-state index in [0.29, 0.717) is 6.04 Å². The van der Waals surface area contributed by atoms with Crippen LogP contribution >= 0.6 is 0 Å². The van der Waals surface area contributed by atoms with Crippen molar-refractivity contribution in [3.63, 3.8) is 0 Å². The average molecular weight is 213 g/mol. The van der Waals surface area contributed by atoms with Gasteiger partial charge in [-0.25, -0.2) is 0 Å². The van der Waals surface area contributed by atoms with Gasteiger partial charge in [0.15, 0.2) is 0 Å². The average Bonchev–Trinajstić information content (AvgIpc) is 2.20. The van der Waals surface area contributed by atoms with Gasteiger partial charge in [0.25, 0.3) is 0 Å². The van der Waals surface area contributed by atoms with Crippen LogP contribution in [0.2, 0.25) is 0 Å². The van der Waals surface area contributed by atoms with Crippen molar-refractivity contribution in [3.05, 3.63) is 0 Å². The molecule has 2 heteroatoms. The molecule has 0 aliphatic heterocycles. The van der Waals surface area contributed by atoms with E-state index in [2.05, 4.69) is 19.2 Å². The second-order valence-corrected chi connectivity index (χ2v) is 5.61. The molecule has 0 saturated heterocycles. The third-order valence-corrected chi connectivity index (χ3v) is 4.21. The van der Waals surface area contributed by atoms with Crippen molar-refractivity contribution in [2.75, 3.05) is 6.54 Å². The van der Waals surface area contributed by atoms with Gasteiger partial charge >= 0.3 is 0 Å². The van der Waals surface area contributed by atoms with Crippen molar-refractivity contribution in [1.82, 2.24) is 5.32 Å². The fourth-order valence-corrected chi connectivity index (χ4v) is 2.35. The van der Waals surface area contributed by atoms with E-state index in [1.54, 1.807) is 0 Å². The van der Waals surface area contributed by atoms with Crippen LogP contribution in [-0.2, 0) is 0 Å². The smallest absolute Gasteiger partial charge is 0.0741 e. The summed E-state index contributed by atoms with van der Waals surface area (Å²) < 4.78 is 0. The Hall–Kier alpha value is -0.0800. The topological polar surface area (TPSA) is 32.3 Å². The van der Waals surface area contributed by atoms with Gasteiger partial charge in [-0.3, -0.25) is 0 Å². The molecule has 1 aliphatic carbocycles. The van der Waals surface area contributed by atoms with E-state index < -0.39 is 5.60 Å². The molecule has 1 aliphatic rings. The minimum atomic E-state index is -0.541. The zero-order valence-corrected chi connectivity index (χ0v) is 10.7. The lowest BCUT2D eigenvalue weighted by molar-refractivity contribution is 0.0462. The molecular formula is C13H27NO. The summed E-state index contributed by atoms with van der Waals surface area (Å²) >= 11 is 0. The fourth-order valence-electron chi connectivity index (χ4n) is 2.35. The molecule has 4 unspecified atom stereocenters. The molecule has 1 fully saturated rings. The van der Waals surface area contributed by atoms with Crippen molar-refractivity contribution in [1.29, 1.82) is 0 Å². The molecule has 1 saturated carbocycles. The summed E-state index contributed by atoms with van der Waals surface area (Å²) in [4.78, 5) is 0. The van der Waals surface area contributed by atoms with Crippen LogP contribution in [0.1, 0.15) is 53.4 Å². The summed E-state index contributed by atoms with van der Waals surface area (Å²) in [5, 5.41) is 13.5. The molecule has 0 aromatic rings. The van der Waals surface area contributed by atoms with E-state index in [4.69, 9.17) is 0 Å². The zero-order chi connectivity index (χ0) is 11.5. The van der Waals surface area contributed by atoms with Crippen LogP contribution in [0.5, 0.6) is 0 Å². The minimum Gasteiger partial charge on any atom is -0.389 e. The maximum atomic E-state index is 9.94. The zero-order valence-electron chi connectivity index (χ0n) is 10.7. The lowest BCUT2D eigenvalue weighted by atomic mass is 9.78. The van der Waals surface area contributed by atoms with E-state index in [0.717, 1.165) is 24.8 Å². The third kappa shape index (κ3) is 3.76. The monoisotopic (exact) mass is 213 g/mol. The summed E-state index contributed by atoms with van der Waals surface area (Å²) in [6, 6.07) is 0.603. The fraction of sp³-hybridized carbons (Fsp3) is 1.00. The first kappa shape index (κ1) is 13.0. The number of rotatable bonds is 4. The predicted molar refractivity (Wildman–Crippen MR) is 64.9 cm³/mol. The van der Waals surface area contributed by atoms with Crippen LogP contribution in [0, 0.1) is 11.8 Å². The van der Waals surface area contributed by atoms with Gasteiger partial charge in [0.05, 0.1) is 5.60 Å². The predicted octanol–water partition coefficient (Wildman–Crippen LogP) is 2.56. The summed E-state index contributed by atoms with van der Waals surface area (Å²) in [6.45, 7) is 9.36. The van der Waals surface area contributed by atoms with Gasteiger partial charge in [-0.1, -0.05) is 33.6 Å². The molecule has 0 aromatic heterocycles. The second kappa shape index (κ2) is 5.31. The normalized spacial score (nSPS) is 36.2. The van der Waals surface area contributed by atoms with E-state index in [1.807, 2.05) is 13.8 Å². The van der Waals surface area contributed by atoms with Crippen molar-refractivity contribution in [2.45, 2.75) is 65.0 Å². The highest BCUT2D eigenvalue weighted by Crippen LogP contribution is 2.29. The molecule has 2 nitrogen and oxygen atoms in total. The summed E-state index contributed by atoms with van der Waals surface area (Å²) in [5.74, 6) is 1.56. The SMILES string of the molecule is CCC(C)(O)CNC1CCCC(C)C1C. The highest BCUT2D eigenvalue weighted by molar-refractivity contribution is 4.85. The lowest BCUT2D eigenvalue weighted by Crippen LogP contribution is -2.47. The summed E-state index contributed by atoms with van der Waals surface area (Å²) in [6.07, 6.45) is 4.78.